The molecule has 3 heterocycles. The second-order valence-corrected chi connectivity index (χ2v) is 8.87. The zero-order chi connectivity index (χ0) is 20.1. The molecule has 1 aliphatic rings. The van der Waals surface area contributed by atoms with Crippen LogP contribution in [0, 0.1) is 0 Å². The van der Waals surface area contributed by atoms with Gasteiger partial charge in [0.2, 0.25) is 5.91 Å². The number of thiophene rings is 2. The molecule has 2 aromatic heterocycles. The Bertz CT molecular complexity index is 982. The summed E-state index contributed by atoms with van der Waals surface area (Å²) in [5.74, 6) is 0.537. The van der Waals surface area contributed by atoms with Crippen molar-refractivity contribution in [1.82, 2.24) is 10.2 Å². The Morgan fingerprint density at radius 2 is 2.03 bits per heavy atom. The second-order valence-electron chi connectivity index (χ2n) is 6.84. The maximum absolute atomic E-state index is 12.5. The summed E-state index contributed by atoms with van der Waals surface area (Å²) in [6, 6.07) is 13.2. The van der Waals surface area contributed by atoms with Gasteiger partial charge in [-0.15, -0.1) is 22.7 Å². The predicted molar refractivity (Wildman–Crippen MR) is 115 cm³/mol. The smallest absolute Gasteiger partial charge is 0.251 e. The predicted octanol–water partition coefficient (Wildman–Crippen LogP) is 4.09. The molecule has 0 spiro atoms. The first-order chi connectivity index (χ1) is 14.2. The van der Waals surface area contributed by atoms with Gasteiger partial charge < -0.3 is 15.0 Å². The molecule has 0 unspecified atom stereocenters. The van der Waals surface area contributed by atoms with Gasteiger partial charge >= 0.3 is 0 Å². The molecule has 0 radical (unpaired) electrons. The molecule has 0 saturated heterocycles. The lowest BCUT2D eigenvalue weighted by Gasteiger charge is -2.27. The molecule has 29 heavy (non-hydrogen) atoms. The largest absolute Gasteiger partial charge is 0.488 e. The quantitative estimate of drug-likeness (QED) is 0.619. The number of nitrogens with one attached hydrogen (secondary N) is 1. The van der Waals surface area contributed by atoms with Gasteiger partial charge in [-0.1, -0.05) is 12.1 Å². The molecule has 1 aromatic carbocycles. The van der Waals surface area contributed by atoms with Crippen LogP contribution >= 0.6 is 22.7 Å². The average molecular weight is 427 g/mol. The Kier molecular flexibility index (Phi) is 6.27. The number of carbonyl (C=O) groups is 2. The van der Waals surface area contributed by atoms with Gasteiger partial charge in [0.1, 0.15) is 12.4 Å². The number of carbonyl (C=O) groups excluding carboxylic acids is 2. The van der Waals surface area contributed by atoms with E-state index in [1.165, 1.54) is 10.4 Å². The van der Waals surface area contributed by atoms with E-state index in [0.717, 1.165) is 17.8 Å². The fourth-order valence-electron chi connectivity index (χ4n) is 3.28. The van der Waals surface area contributed by atoms with E-state index in [9.17, 15) is 9.59 Å². The SMILES string of the molecule is O=C(NCCC(=O)N1CCc2sccc2C1)c1cccc(OCc2cccs2)c1. The minimum absolute atomic E-state index is 0.0789. The van der Waals surface area contributed by atoms with Crippen molar-refractivity contribution in [3.05, 3.63) is 74.1 Å². The third-order valence-corrected chi connectivity index (χ3v) is 6.72. The first-order valence-electron chi connectivity index (χ1n) is 9.55. The summed E-state index contributed by atoms with van der Waals surface area (Å²) >= 11 is 3.39. The van der Waals surface area contributed by atoms with E-state index in [1.807, 2.05) is 28.5 Å². The van der Waals surface area contributed by atoms with Crippen LogP contribution in [-0.2, 0) is 24.4 Å². The van der Waals surface area contributed by atoms with Crippen molar-refractivity contribution >= 4 is 34.5 Å². The monoisotopic (exact) mass is 426 g/mol. The van der Waals surface area contributed by atoms with E-state index < -0.39 is 0 Å². The first kappa shape index (κ1) is 19.7. The lowest BCUT2D eigenvalue weighted by Crippen LogP contribution is -2.37. The van der Waals surface area contributed by atoms with Gasteiger partial charge in [-0.25, -0.2) is 0 Å². The van der Waals surface area contributed by atoms with Crippen LogP contribution < -0.4 is 10.1 Å². The van der Waals surface area contributed by atoms with Crippen molar-refractivity contribution in [2.45, 2.75) is 26.0 Å². The maximum atomic E-state index is 12.5. The maximum Gasteiger partial charge on any atom is 0.251 e. The minimum atomic E-state index is -0.196. The fourth-order valence-corrected chi connectivity index (χ4v) is 4.79. The Morgan fingerprint density at radius 1 is 1.10 bits per heavy atom. The van der Waals surface area contributed by atoms with Crippen LogP contribution in [0.3, 0.4) is 0 Å². The van der Waals surface area contributed by atoms with E-state index in [-0.39, 0.29) is 11.8 Å². The number of fused-ring (bicyclic) bond motifs is 1. The molecule has 2 amide bonds. The van der Waals surface area contributed by atoms with E-state index in [4.69, 9.17) is 4.74 Å². The van der Waals surface area contributed by atoms with Crippen molar-refractivity contribution in [2.24, 2.45) is 0 Å². The summed E-state index contributed by atoms with van der Waals surface area (Å²) in [5.41, 5.74) is 1.78. The number of amides is 2. The Balaban J connectivity index is 1.24. The number of nitrogens with zero attached hydrogens (tertiary/aromatic N) is 1. The second kappa shape index (κ2) is 9.24. The number of benzene rings is 1. The van der Waals surface area contributed by atoms with Gasteiger partial charge in [0.15, 0.2) is 0 Å². The Labute approximate surface area is 177 Å². The van der Waals surface area contributed by atoms with Gasteiger partial charge in [-0.2, -0.15) is 0 Å². The average Bonchev–Trinajstić information content (AvgIpc) is 3.43. The molecule has 3 aromatic rings. The highest BCUT2D eigenvalue weighted by atomic mass is 32.1. The normalized spacial score (nSPS) is 13.0. The molecule has 0 bridgehead atoms. The van der Waals surface area contributed by atoms with E-state index in [1.54, 1.807) is 40.9 Å². The van der Waals surface area contributed by atoms with E-state index in [2.05, 4.69) is 16.8 Å². The number of hydrogen-bond donors (Lipinski definition) is 1. The molecule has 5 nitrogen and oxygen atoms in total. The number of ether oxygens (including phenoxy) is 1. The molecule has 0 saturated carbocycles. The van der Waals surface area contributed by atoms with Crippen LogP contribution in [0.5, 0.6) is 5.75 Å². The highest BCUT2D eigenvalue weighted by Crippen LogP contribution is 2.24. The van der Waals surface area contributed by atoms with Crippen LogP contribution in [0.15, 0.2) is 53.2 Å². The van der Waals surface area contributed by atoms with Crippen LogP contribution in [0.25, 0.3) is 0 Å². The Morgan fingerprint density at radius 3 is 2.90 bits per heavy atom. The summed E-state index contributed by atoms with van der Waals surface area (Å²) in [6.07, 6.45) is 1.23. The standard InChI is InChI=1S/C22H22N2O3S2/c25-21(24-10-7-20-17(14-24)8-12-29-20)6-9-23-22(26)16-3-1-4-18(13-16)27-15-19-5-2-11-28-19/h1-5,8,11-13H,6-7,9-10,14-15H2,(H,23,26). The zero-order valence-corrected chi connectivity index (χ0v) is 17.6. The van der Waals surface area contributed by atoms with E-state index >= 15 is 0 Å². The van der Waals surface area contributed by atoms with Gasteiger partial charge in [0, 0.05) is 41.4 Å². The molecule has 4 rings (SSSR count). The molecule has 0 fully saturated rings. The minimum Gasteiger partial charge on any atom is -0.488 e. The topological polar surface area (TPSA) is 58.6 Å². The van der Waals surface area contributed by atoms with Crippen LogP contribution in [0.1, 0.15) is 32.1 Å². The highest BCUT2D eigenvalue weighted by Gasteiger charge is 2.21. The third kappa shape index (κ3) is 5.05. The van der Waals surface area contributed by atoms with E-state index in [0.29, 0.717) is 37.4 Å². The van der Waals surface area contributed by atoms with Gasteiger partial charge in [-0.05, 0) is 53.1 Å². The van der Waals surface area contributed by atoms with Gasteiger partial charge in [-0.3, -0.25) is 9.59 Å². The lowest BCUT2D eigenvalue weighted by atomic mass is 10.1. The summed E-state index contributed by atoms with van der Waals surface area (Å²) in [7, 11) is 0. The van der Waals surface area contributed by atoms with Crippen LogP contribution in [0.4, 0.5) is 0 Å². The molecule has 0 atom stereocenters. The van der Waals surface area contributed by atoms with Crippen molar-refractivity contribution < 1.29 is 14.3 Å². The van der Waals surface area contributed by atoms with Crippen molar-refractivity contribution in [3.8, 4) is 5.75 Å². The lowest BCUT2D eigenvalue weighted by molar-refractivity contribution is -0.131. The molecule has 0 aliphatic carbocycles. The van der Waals surface area contributed by atoms with Crippen molar-refractivity contribution in [3.63, 3.8) is 0 Å². The summed E-state index contributed by atoms with van der Waals surface area (Å²) in [4.78, 5) is 29.3. The first-order valence-corrected chi connectivity index (χ1v) is 11.3. The van der Waals surface area contributed by atoms with Gasteiger partial charge in [0.05, 0.1) is 0 Å². The van der Waals surface area contributed by atoms with Crippen LogP contribution in [0.2, 0.25) is 0 Å². The molecule has 1 N–H and O–H groups in total. The van der Waals surface area contributed by atoms with Gasteiger partial charge in [0.25, 0.3) is 5.91 Å². The highest BCUT2D eigenvalue weighted by molar-refractivity contribution is 7.10. The zero-order valence-electron chi connectivity index (χ0n) is 15.9. The summed E-state index contributed by atoms with van der Waals surface area (Å²) in [6.45, 7) is 2.24. The number of rotatable bonds is 7. The van der Waals surface area contributed by atoms with Crippen molar-refractivity contribution in [2.75, 3.05) is 13.1 Å². The molecular weight excluding hydrogens is 404 g/mol. The number of hydrogen-bond acceptors (Lipinski definition) is 5. The molecule has 150 valence electrons. The molecule has 7 heteroatoms. The molecule has 1 aliphatic heterocycles. The summed E-state index contributed by atoms with van der Waals surface area (Å²) < 4.78 is 5.76. The van der Waals surface area contributed by atoms with Crippen molar-refractivity contribution in [1.29, 1.82) is 0 Å². The third-order valence-electron chi connectivity index (χ3n) is 4.84. The Hall–Kier alpha value is -2.64. The van der Waals surface area contributed by atoms with Crippen LogP contribution in [-0.4, -0.2) is 29.8 Å². The molecular formula is C22H22N2O3S2. The fraction of sp³-hybridized carbons (Fsp3) is 0.273. The summed E-state index contributed by atoms with van der Waals surface area (Å²) in [5, 5.41) is 6.93.